The Morgan fingerprint density at radius 1 is 0.960 bits per heavy atom. The van der Waals surface area contributed by atoms with E-state index in [0.29, 0.717) is 36.5 Å². The van der Waals surface area contributed by atoms with Crippen molar-refractivity contribution in [3.8, 4) is 0 Å². The zero-order chi connectivity index (χ0) is 17.6. The standard InChI is InChI=1S/C21H22O4/c1-24-18(22)10-13-14(11-19(23)25-2)16-9-15(13)20-17(21(16)20)8-12-6-4-3-5-7-12/h3-8,15-16,20-21H,9-11H2,1-2H3/t15-,16+,20+,21-. The number of fused-ring (bicyclic) bond motifs is 5. The molecule has 1 aromatic rings. The maximum Gasteiger partial charge on any atom is 0.309 e. The van der Waals surface area contributed by atoms with Gasteiger partial charge in [-0.2, -0.15) is 0 Å². The molecule has 130 valence electrons. The lowest BCUT2D eigenvalue weighted by atomic mass is 9.88. The van der Waals surface area contributed by atoms with Crippen molar-refractivity contribution < 1.29 is 19.1 Å². The van der Waals surface area contributed by atoms with E-state index in [4.69, 9.17) is 9.47 Å². The third kappa shape index (κ3) is 2.70. The Morgan fingerprint density at radius 3 is 1.96 bits per heavy atom. The summed E-state index contributed by atoms with van der Waals surface area (Å²) in [6.45, 7) is 0. The molecule has 0 amide bonds. The van der Waals surface area contributed by atoms with Gasteiger partial charge < -0.3 is 9.47 Å². The Kier molecular flexibility index (Phi) is 3.98. The number of methoxy groups -OCH3 is 2. The Labute approximate surface area is 147 Å². The third-order valence-electron chi connectivity index (χ3n) is 5.99. The first-order valence-electron chi connectivity index (χ1n) is 8.76. The first-order chi connectivity index (χ1) is 12.1. The minimum Gasteiger partial charge on any atom is -0.469 e. The number of ether oxygens (including phenoxy) is 2. The summed E-state index contributed by atoms with van der Waals surface area (Å²) >= 11 is 0. The van der Waals surface area contributed by atoms with Gasteiger partial charge in [0.25, 0.3) is 0 Å². The average molecular weight is 338 g/mol. The van der Waals surface area contributed by atoms with E-state index < -0.39 is 0 Å². The lowest BCUT2D eigenvalue weighted by Crippen LogP contribution is -2.14. The Bertz CT molecular complexity index is 732. The molecule has 4 nitrogen and oxygen atoms in total. The van der Waals surface area contributed by atoms with Gasteiger partial charge in [-0.25, -0.2) is 0 Å². The van der Waals surface area contributed by atoms with Crippen LogP contribution in [0, 0.1) is 23.7 Å². The lowest BCUT2D eigenvalue weighted by Gasteiger charge is -2.17. The van der Waals surface area contributed by atoms with Gasteiger partial charge in [0.2, 0.25) is 0 Å². The molecule has 4 rings (SSSR count). The van der Waals surface area contributed by atoms with Crippen LogP contribution in [0.25, 0.3) is 6.08 Å². The lowest BCUT2D eigenvalue weighted by molar-refractivity contribution is -0.141. The van der Waals surface area contributed by atoms with Crippen LogP contribution in [0.3, 0.4) is 0 Å². The largest absolute Gasteiger partial charge is 0.469 e. The molecule has 2 bridgehead atoms. The van der Waals surface area contributed by atoms with Gasteiger partial charge in [0.05, 0.1) is 27.1 Å². The van der Waals surface area contributed by atoms with Gasteiger partial charge in [-0.15, -0.1) is 0 Å². The average Bonchev–Trinajstić information content (AvgIpc) is 3.05. The molecule has 2 saturated carbocycles. The minimum atomic E-state index is -0.226. The molecule has 0 unspecified atom stereocenters. The molecular formula is C21H22O4. The molecule has 3 aliphatic rings. The van der Waals surface area contributed by atoms with Crippen LogP contribution in [-0.4, -0.2) is 26.2 Å². The molecule has 4 heteroatoms. The van der Waals surface area contributed by atoms with Crippen molar-refractivity contribution in [1.82, 2.24) is 0 Å². The van der Waals surface area contributed by atoms with Crippen LogP contribution in [0.1, 0.15) is 24.8 Å². The summed E-state index contributed by atoms with van der Waals surface area (Å²) in [6, 6.07) is 10.3. The van der Waals surface area contributed by atoms with E-state index in [-0.39, 0.29) is 11.9 Å². The molecule has 0 radical (unpaired) electrons. The smallest absolute Gasteiger partial charge is 0.309 e. The second kappa shape index (κ2) is 6.17. The van der Waals surface area contributed by atoms with Crippen molar-refractivity contribution >= 4 is 18.0 Å². The monoisotopic (exact) mass is 338 g/mol. The first kappa shape index (κ1) is 16.1. The van der Waals surface area contributed by atoms with Crippen LogP contribution in [0.15, 0.2) is 47.1 Å². The predicted molar refractivity (Wildman–Crippen MR) is 93.3 cm³/mol. The zero-order valence-corrected chi connectivity index (χ0v) is 14.5. The summed E-state index contributed by atoms with van der Waals surface area (Å²) in [5.74, 6) is 1.37. The van der Waals surface area contributed by atoms with Gasteiger partial charge in [0, 0.05) is 0 Å². The van der Waals surface area contributed by atoms with E-state index in [1.807, 2.05) is 18.2 Å². The number of benzene rings is 1. The van der Waals surface area contributed by atoms with Crippen molar-refractivity contribution in [3.05, 3.63) is 52.6 Å². The van der Waals surface area contributed by atoms with Gasteiger partial charge in [-0.05, 0) is 35.7 Å². The fourth-order valence-electron chi connectivity index (χ4n) is 4.93. The SMILES string of the molecule is COC(=O)CC1=C(CC(=O)OC)[C@@H]2C[C@H]1[C@H]1C(=Cc3ccccc3)[C@H]12. The Balaban J connectivity index is 1.61. The highest BCUT2D eigenvalue weighted by molar-refractivity contribution is 5.78. The van der Waals surface area contributed by atoms with Gasteiger partial charge in [0.1, 0.15) is 0 Å². The zero-order valence-electron chi connectivity index (χ0n) is 14.5. The number of carbonyl (C=O) groups excluding carboxylic acids is 2. The molecule has 0 heterocycles. The summed E-state index contributed by atoms with van der Waals surface area (Å²) in [7, 11) is 2.83. The highest BCUT2D eigenvalue weighted by Gasteiger charge is 2.64. The molecule has 1 aromatic carbocycles. The summed E-state index contributed by atoms with van der Waals surface area (Å²) in [6.07, 6.45) is 3.93. The second-order valence-corrected chi connectivity index (χ2v) is 7.11. The topological polar surface area (TPSA) is 52.6 Å². The van der Waals surface area contributed by atoms with Gasteiger partial charge in [-0.3, -0.25) is 9.59 Å². The van der Waals surface area contributed by atoms with Gasteiger partial charge >= 0.3 is 11.9 Å². The molecule has 0 aliphatic heterocycles. The fraction of sp³-hybridized carbons (Fsp3) is 0.429. The van der Waals surface area contributed by atoms with E-state index in [0.717, 1.165) is 17.6 Å². The summed E-state index contributed by atoms with van der Waals surface area (Å²) in [4.78, 5) is 23.7. The highest BCUT2D eigenvalue weighted by Crippen LogP contribution is 2.71. The predicted octanol–water partition coefficient (Wildman–Crippen LogP) is 3.39. The van der Waals surface area contributed by atoms with Crippen molar-refractivity contribution in [2.45, 2.75) is 19.3 Å². The van der Waals surface area contributed by atoms with Gasteiger partial charge in [0.15, 0.2) is 0 Å². The third-order valence-corrected chi connectivity index (χ3v) is 5.99. The highest BCUT2D eigenvalue weighted by atomic mass is 16.5. The maximum absolute atomic E-state index is 11.9. The quantitative estimate of drug-likeness (QED) is 0.610. The minimum absolute atomic E-state index is 0.226. The van der Waals surface area contributed by atoms with Crippen LogP contribution in [-0.2, 0) is 19.1 Å². The van der Waals surface area contributed by atoms with Crippen LogP contribution in [0.5, 0.6) is 0 Å². The van der Waals surface area contributed by atoms with Crippen molar-refractivity contribution in [1.29, 1.82) is 0 Å². The van der Waals surface area contributed by atoms with E-state index in [9.17, 15) is 9.59 Å². The molecule has 0 saturated heterocycles. The summed E-state index contributed by atoms with van der Waals surface area (Å²) < 4.78 is 9.73. The molecule has 4 atom stereocenters. The number of allylic oxidation sites excluding steroid dienone is 1. The van der Waals surface area contributed by atoms with Crippen LogP contribution in [0.2, 0.25) is 0 Å². The molecule has 0 spiro atoms. The van der Waals surface area contributed by atoms with Crippen LogP contribution in [0.4, 0.5) is 0 Å². The fourth-order valence-corrected chi connectivity index (χ4v) is 4.93. The van der Waals surface area contributed by atoms with E-state index in [1.165, 1.54) is 25.4 Å². The van der Waals surface area contributed by atoms with Crippen LogP contribution < -0.4 is 0 Å². The molecular weight excluding hydrogens is 316 g/mol. The first-order valence-corrected chi connectivity index (χ1v) is 8.76. The van der Waals surface area contributed by atoms with Gasteiger partial charge in [-0.1, -0.05) is 53.1 Å². The van der Waals surface area contributed by atoms with Crippen molar-refractivity contribution in [2.75, 3.05) is 14.2 Å². The number of carbonyl (C=O) groups is 2. The number of esters is 2. The van der Waals surface area contributed by atoms with Crippen molar-refractivity contribution in [3.63, 3.8) is 0 Å². The van der Waals surface area contributed by atoms with Crippen molar-refractivity contribution in [2.24, 2.45) is 23.7 Å². The van der Waals surface area contributed by atoms with E-state index in [2.05, 4.69) is 18.2 Å². The summed E-state index contributed by atoms with van der Waals surface area (Å²) in [5, 5.41) is 0. The normalized spacial score (nSPS) is 30.4. The second-order valence-electron chi connectivity index (χ2n) is 7.11. The number of rotatable bonds is 5. The molecule has 2 fully saturated rings. The number of hydrogen-bond donors (Lipinski definition) is 0. The Morgan fingerprint density at radius 2 is 1.48 bits per heavy atom. The van der Waals surface area contributed by atoms with E-state index >= 15 is 0 Å². The molecule has 3 aliphatic carbocycles. The number of hydrogen-bond acceptors (Lipinski definition) is 4. The Hall–Kier alpha value is -2.36. The molecule has 0 N–H and O–H groups in total. The molecule has 25 heavy (non-hydrogen) atoms. The van der Waals surface area contributed by atoms with Crippen LogP contribution >= 0.6 is 0 Å². The molecule has 0 aromatic heterocycles. The summed E-state index contributed by atoms with van der Waals surface area (Å²) in [5.41, 5.74) is 4.94. The maximum atomic E-state index is 11.9. The van der Waals surface area contributed by atoms with E-state index in [1.54, 1.807) is 0 Å².